The molecule has 6 nitrogen and oxygen atoms in total. The molecule has 0 N–H and O–H groups in total. The maximum Gasteiger partial charge on any atom is 0.515 e. The molecule has 136 valence electrons. The molecule has 0 bridgehead atoms. The maximum atomic E-state index is 13.5. The third kappa shape index (κ3) is 4.07. The number of nitriles is 1. The van der Waals surface area contributed by atoms with E-state index in [0.29, 0.717) is 22.5 Å². The lowest BCUT2D eigenvalue weighted by Gasteiger charge is -2.08. The summed E-state index contributed by atoms with van der Waals surface area (Å²) in [6.45, 7) is 1.81. The van der Waals surface area contributed by atoms with Gasteiger partial charge in [0.15, 0.2) is 0 Å². The van der Waals surface area contributed by atoms with E-state index >= 15 is 0 Å². The molecule has 0 saturated heterocycles. The Morgan fingerprint density at radius 2 is 2.11 bits per heavy atom. The highest BCUT2D eigenvalue weighted by Gasteiger charge is 2.17. The largest absolute Gasteiger partial charge is 0.515 e. The van der Waals surface area contributed by atoms with Gasteiger partial charge >= 0.3 is 6.16 Å². The lowest BCUT2D eigenvalue weighted by molar-refractivity contribution is 0.102. The first-order valence-corrected chi connectivity index (χ1v) is 8.30. The molecule has 3 aromatic rings. The van der Waals surface area contributed by atoms with Crippen LogP contribution in [0, 0.1) is 17.1 Å². The Morgan fingerprint density at radius 1 is 1.30 bits per heavy atom. The van der Waals surface area contributed by atoms with Crippen molar-refractivity contribution >= 4 is 17.8 Å². The van der Waals surface area contributed by atoms with Crippen LogP contribution in [0.2, 0.25) is 5.02 Å². The molecule has 0 aliphatic carbocycles. The molecule has 2 aromatic carbocycles. The zero-order valence-corrected chi connectivity index (χ0v) is 14.9. The molecule has 3 rings (SSSR count). The van der Waals surface area contributed by atoms with Crippen LogP contribution in [0.1, 0.15) is 12.5 Å². The van der Waals surface area contributed by atoms with E-state index in [4.69, 9.17) is 26.3 Å². The molecular weight excluding hydrogens is 373 g/mol. The molecule has 0 saturated carbocycles. The first kappa shape index (κ1) is 18.4. The molecule has 0 fully saturated rings. The number of rotatable bonds is 4. The van der Waals surface area contributed by atoms with Gasteiger partial charge in [0, 0.05) is 11.6 Å². The van der Waals surface area contributed by atoms with Crippen LogP contribution in [-0.4, -0.2) is 22.5 Å². The van der Waals surface area contributed by atoms with Crippen LogP contribution in [0.15, 0.2) is 48.5 Å². The Morgan fingerprint density at radius 3 is 2.81 bits per heavy atom. The van der Waals surface area contributed by atoms with Gasteiger partial charge in [0.05, 0.1) is 34.6 Å². The van der Waals surface area contributed by atoms with Crippen LogP contribution < -0.4 is 4.74 Å². The van der Waals surface area contributed by atoms with Crippen LogP contribution in [0.5, 0.6) is 5.88 Å². The summed E-state index contributed by atoms with van der Waals surface area (Å²) in [5.74, 6) is -0.574. The van der Waals surface area contributed by atoms with Gasteiger partial charge in [-0.1, -0.05) is 23.7 Å². The lowest BCUT2D eigenvalue weighted by Crippen LogP contribution is -2.10. The lowest BCUT2D eigenvalue weighted by atomic mass is 10.1. The van der Waals surface area contributed by atoms with E-state index < -0.39 is 12.0 Å². The molecule has 8 heteroatoms. The SMILES string of the molecule is CCOC(=O)Oc1cc(-c2cccc(C#N)c2)n(-c2ccc(F)c(Cl)c2)n1. The molecule has 1 heterocycles. The molecule has 0 atom stereocenters. The van der Waals surface area contributed by atoms with Gasteiger partial charge < -0.3 is 9.47 Å². The fourth-order valence-corrected chi connectivity index (χ4v) is 2.58. The summed E-state index contributed by atoms with van der Waals surface area (Å²) in [5, 5.41) is 13.3. The van der Waals surface area contributed by atoms with Gasteiger partial charge in [-0.2, -0.15) is 5.26 Å². The Hall–Kier alpha value is -3.37. The minimum atomic E-state index is -0.892. The highest BCUT2D eigenvalue weighted by atomic mass is 35.5. The van der Waals surface area contributed by atoms with Crippen LogP contribution in [-0.2, 0) is 4.74 Å². The van der Waals surface area contributed by atoms with Gasteiger partial charge in [0.1, 0.15) is 5.82 Å². The summed E-state index contributed by atoms with van der Waals surface area (Å²) in [5.41, 5.74) is 2.08. The molecule has 0 aliphatic heterocycles. The summed E-state index contributed by atoms with van der Waals surface area (Å²) in [7, 11) is 0. The van der Waals surface area contributed by atoms with Crippen molar-refractivity contribution in [2.24, 2.45) is 0 Å². The van der Waals surface area contributed by atoms with Crippen molar-refractivity contribution in [1.29, 1.82) is 5.26 Å². The number of carbonyl (C=O) groups excluding carboxylic acids is 1. The van der Waals surface area contributed by atoms with Crippen LogP contribution in [0.4, 0.5) is 9.18 Å². The Labute approximate surface area is 159 Å². The summed E-state index contributed by atoms with van der Waals surface area (Å²) < 4.78 is 24.8. The average molecular weight is 386 g/mol. The van der Waals surface area contributed by atoms with Crippen molar-refractivity contribution in [3.05, 3.63) is 64.9 Å². The number of hydrogen-bond acceptors (Lipinski definition) is 5. The van der Waals surface area contributed by atoms with Crippen molar-refractivity contribution in [2.45, 2.75) is 6.92 Å². The second-order valence-electron chi connectivity index (χ2n) is 5.36. The minimum absolute atomic E-state index is 0.00809. The quantitative estimate of drug-likeness (QED) is 0.606. The first-order chi connectivity index (χ1) is 13.0. The van der Waals surface area contributed by atoms with Crippen LogP contribution in [0.3, 0.4) is 0 Å². The van der Waals surface area contributed by atoms with E-state index in [1.807, 2.05) is 0 Å². The van der Waals surface area contributed by atoms with E-state index in [1.54, 1.807) is 31.2 Å². The standard InChI is InChI=1S/C19H13ClFN3O3/c1-2-26-19(25)27-18-10-17(13-5-3-4-12(8-13)11-22)24(23-18)14-6-7-16(21)15(20)9-14/h3-10H,2H2,1H3. The predicted octanol–water partition coefficient (Wildman–Crippen LogP) is 4.74. The monoisotopic (exact) mass is 385 g/mol. The van der Waals surface area contributed by atoms with E-state index in [2.05, 4.69) is 11.2 Å². The number of ether oxygens (including phenoxy) is 2. The van der Waals surface area contributed by atoms with Gasteiger partial charge in [-0.3, -0.25) is 0 Å². The molecule has 27 heavy (non-hydrogen) atoms. The van der Waals surface area contributed by atoms with Gasteiger partial charge in [-0.05, 0) is 37.3 Å². The van der Waals surface area contributed by atoms with E-state index in [1.165, 1.54) is 28.9 Å². The summed E-state index contributed by atoms with van der Waals surface area (Å²) >= 11 is 5.88. The van der Waals surface area contributed by atoms with Crippen molar-refractivity contribution < 1.29 is 18.7 Å². The number of nitrogens with zero attached hydrogens (tertiary/aromatic N) is 3. The van der Waals surface area contributed by atoms with Gasteiger partial charge in [-0.15, -0.1) is 5.10 Å². The Kier molecular flexibility index (Phi) is 5.38. The number of benzene rings is 2. The van der Waals surface area contributed by atoms with E-state index in [9.17, 15) is 9.18 Å². The minimum Gasteiger partial charge on any atom is -0.434 e. The molecular formula is C19H13ClFN3O3. The zero-order valence-electron chi connectivity index (χ0n) is 14.1. The fourth-order valence-electron chi connectivity index (χ4n) is 2.41. The van der Waals surface area contributed by atoms with E-state index in [-0.39, 0.29) is 17.5 Å². The van der Waals surface area contributed by atoms with Gasteiger partial charge in [0.25, 0.3) is 0 Å². The number of aromatic nitrogens is 2. The molecule has 0 unspecified atom stereocenters. The third-order valence-electron chi connectivity index (χ3n) is 3.57. The molecule has 0 aliphatic rings. The van der Waals surface area contributed by atoms with Crippen LogP contribution in [0.25, 0.3) is 16.9 Å². The average Bonchev–Trinajstić information content (AvgIpc) is 3.08. The van der Waals surface area contributed by atoms with E-state index in [0.717, 1.165) is 0 Å². The number of hydrogen-bond donors (Lipinski definition) is 0. The third-order valence-corrected chi connectivity index (χ3v) is 3.86. The summed E-state index contributed by atoms with van der Waals surface area (Å²) in [6, 6.07) is 14.5. The fraction of sp³-hybridized carbons (Fsp3) is 0.105. The Balaban J connectivity index is 2.11. The first-order valence-electron chi connectivity index (χ1n) is 7.92. The molecule has 1 aromatic heterocycles. The number of carbonyl (C=O) groups is 1. The Bertz CT molecular complexity index is 1040. The smallest absolute Gasteiger partial charge is 0.434 e. The predicted molar refractivity (Wildman–Crippen MR) is 96.3 cm³/mol. The second-order valence-corrected chi connectivity index (χ2v) is 5.76. The second kappa shape index (κ2) is 7.89. The van der Waals surface area contributed by atoms with Crippen LogP contribution >= 0.6 is 11.6 Å². The van der Waals surface area contributed by atoms with Gasteiger partial charge in [-0.25, -0.2) is 13.9 Å². The zero-order chi connectivity index (χ0) is 19.4. The highest BCUT2D eigenvalue weighted by molar-refractivity contribution is 6.30. The molecule has 0 amide bonds. The molecule has 0 radical (unpaired) electrons. The maximum absolute atomic E-state index is 13.5. The van der Waals surface area contributed by atoms with Crippen molar-refractivity contribution in [1.82, 2.24) is 9.78 Å². The number of halogens is 2. The van der Waals surface area contributed by atoms with Crippen molar-refractivity contribution in [3.63, 3.8) is 0 Å². The summed E-state index contributed by atoms with van der Waals surface area (Å²) in [4.78, 5) is 11.6. The normalized spacial score (nSPS) is 10.3. The van der Waals surface area contributed by atoms with Crippen molar-refractivity contribution in [2.75, 3.05) is 6.61 Å². The topological polar surface area (TPSA) is 77.1 Å². The molecule has 0 spiro atoms. The summed E-state index contributed by atoms with van der Waals surface area (Å²) in [6.07, 6.45) is -0.892. The highest BCUT2D eigenvalue weighted by Crippen LogP contribution is 2.29. The van der Waals surface area contributed by atoms with Crippen molar-refractivity contribution in [3.8, 4) is 28.9 Å². The van der Waals surface area contributed by atoms with Gasteiger partial charge in [0.2, 0.25) is 5.88 Å².